The van der Waals surface area contributed by atoms with Gasteiger partial charge in [-0.15, -0.1) is 5.10 Å². The van der Waals surface area contributed by atoms with Gasteiger partial charge in [-0.25, -0.2) is 4.39 Å². The number of halogens is 1. The lowest BCUT2D eigenvalue weighted by Gasteiger charge is -2.35. The first-order valence-electron chi connectivity index (χ1n) is 7.70. The van der Waals surface area contributed by atoms with E-state index in [4.69, 9.17) is 0 Å². The van der Waals surface area contributed by atoms with E-state index in [2.05, 4.69) is 20.1 Å². The highest BCUT2D eigenvalue weighted by Crippen LogP contribution is 2.19. The highest BCUT2D eigenvalue weighted by Gasteiger charge is 2.25. The van der Waals surface area contributed by atoms with Gasteiger partial charge in [-0.3, -0.25) is 9.78 Å². The molecule has 0 aromatic carbocycles. The van der Waals surface area contributed by atoms with Gasteiger partial charge >= 0.3 is 0 Å². The summed E-state index contributed by atoms with van der Waals surface area (Å²) in [6.07, 6.45) is 4.19. The average molecular weight is 330 g/mol. The molecule has 7 nitrogen and oxygen atoms in total. The number of rotatable bonds is 3. The number of carbonyl (C=O) groups is 1. The molecule has 24 heavy (non-hydrogen) atoms. The number of piperazine rings is 1. The molecule has 126 valence electrons. The molecular weight excluding hydrogens is 311 g/mol. The van der Waals surface area contributed by atoms with E-state index < -0.39 is 5.82 Å². The van der Waals surface area contributed by atoms with Crippen LogP contribution in [0.3, 0.4) is 0 Å². The molecule has 2 aromatic rings. The minimum atomic E-state index is -0.588. The largest absolute Gasteiger partial charge is 0.376 e. The van der Waals surface area contributed by atoms with E-state index in [-0.39, 0.29) is 11.5 Å². The molecule has 1 aliphatic heterocycles. The zero-order chi connectivity index (χ0) is 17.1. The summed E-state index contributed by atoms with van der Waals surface area (Å²) in [5.74, 6) is -0.111. The van der Waals surface area contributed by atoms with Gasteiger partial charge in [0.05, 0.1) is 23.6 Å². The maximum absolute atomic E-state index is 13.7. The molecule has 0 atom stereocenters. The Bertz CT molecular complexity index is 730. The van der Waals surface area contributed by atoms with Crippen LogP contribution in [-0.4, -0.2) is 66.3 Å². The first-order chi connectivity index (χ1) is 11.6. The summed E-state index contributed by atoms with van der Waals surface area (Å²) in [5.41, 5.74) is 1.03. The monoisotopic (exact) mass is 330 g/mol. The molecule has 8 heteroatoms. The maximum atomic E-state index is 13.7. The van der Waals surface area contributed by atoms with Gasteiger partial charge in [0, 0.05) is 52.5 Å². The molecule has 2 aromatic heterocycles. The minimum absolute atomic E-state index is 0.0628. The lowest BCUT2D eigenvalue weighted by atomic mass is 10.2. The second-order valence-electron chi connectivity index (χ2n) is 5.80. The van der Waals surface area contributed by atoms with Crippen LogP contribution in [0.5, 0.6) is 0 Å². The highest BCUT2D eigenvalue weighted by atomic mass is 19.1. The summed E-state index contributed by atoms with van der Waals surface area (Å²) in [7, 11) is 3.89. The summed E-state index contributed by atoms with van der Waals surface area (Å²) in [6, 6.07) is 3.38. The van der Waals surface area contributed by atoms with Gasteiger partial charge in [-0.05, 0) is 6.07 Å². The number of hydrogen-bond donors (Lipinski definition) is 0. The molecule has 0 saturated carbocycles. The molecule has 3 heterocycles. The fraction of sp³-hybridized carbons (Fsp3) is 0.375. The molecule has 1 amide bonds. The summed E-state index contributed by atoms with van der Waals surface area (Å²) >= 11 is 0. The zero-order valence-corrected chi connectivity index (χ0v) is 13.7. The normalized spacial score (nSPS) is 14.6. The van der Waals surface area contributed by atoms with Crippen LogP contribution < -0.4 is 9.80 Å². The van der Waals surface area contributed by atoms with E-state index in [0.29, 0.717) is 26.2 Å². The van der Waals surface area contributed by atoms with Gasteiger partial charge < -0.3 is 14.7 Å². The second-order valence-corrected chi connectivity index (χ2v) is 5.80. The summed E-state index contributed by atoms with van der Waals surface area (Å²) in [5, 5.41) is 8.19. The van der Waals surface area contributed by atoms with Crippen LogP contribution in [0.2, 0.25) is 0 Å². The fourth-order valence-corrected chi connectivity index (χ4v) is 2.60. The predicted octanol–water partition coefficient (Wildman–Crippen LogP) is 1.04. The molecular formula is C16H19FN6O. The molecule has 1 fully saturated rings. The van der Waals surface area contributed by atoms with Crippen molar-refractivity contribution in [2.75, 3.05) is 50.1 Å². The average Bonchev–Trinajstić information content (AvgIpc) is 2.62. The fourth-order valence-electron chi connectivity index (χ4n) is 2.60. The SMILES string of the molecule is CN(C)c1cnnc(N2CCN(C(=O)c3ccncc3F)CC2)c1. The van der Waals surface area contributed by atoms with Crippen LogP contribution in [0, 0.1) is 5.82 Å². The Hall–Kier alpha value is -2.77. The van der Waals surface area contributed by atoms with E-state index in [1.54, 1.807) is 11.1 Å². The number of pyridine rings is 1. The minimum Gasteiger partial charge on any atom is -0.376 e. The number of anilines is 2. The van der Waals surface area contributed by atoms with Crippen LogP contribution in [-0.2, 0) is 0 Å². The quantitative estimate of drug-likeness (QED) is 0.838. The molecule has 0 spiro atoms. The molecule has 1 aliphatic rings. The number of nitrogens with zero attached hydrogens (tertiary/aromatic N) is 6. The maximum Gasteiger partial charge on any atom is 0.257 e. The van der Waals surface area contributed by atoms with Gasteiger partial charge in [-0.2, -0.15) is 5.10 Å². The lowest BCUT2D eigenvalue weighted by molar-refractivity contribution is 0.0741. The third kappa shape index (κ3) is 3.27. The number of aromatic nitrogens is 3. The molecule has 3 rings (SSSR count). The topological polar surface area (TPSA) is 65.5 Å². The van der Waals surface area contributed by atoms with Crippen LogP contribution in [0.15, 0.2) is 30.7 Å². The molecule has 1 saturated heterocycles. The zero-order valence-electron chi connectivity index (χ0n) is 13.7. The van der Waals surface area contributed by atoms with Crippen molar-refractivity contribution < 1.29 is 9.18 Å². The third-order valence-electron chi connectivity index (χ3n) is 4.04. The van der Waals surface area contributed by atoms with Gasteiger partial charge in [0.1, 0.15) is 0 Å². The molecule has 0 aliphatic carbocycles. The Balaban J connectivity index is 1.67. The number of carbonyl (C=O) groups excluding carboxylic acids is 1. The van der Waals surface area contributed by atoms with E-state index in [1.165, 1.54) is 12.3 Å². The van der Waals surface area contributed by atoms with Crippen molar-refractivity contribution in [1.82, 2.24) is 20.1 Å². The smallest absolute Gasteiger partial charge is 0.257 e. The second kappa shape index (κ2) is 6.77. The summed E-state index contributed by atoms with van der Waals surface area (Å²) < 4.78 is 13.7. The Kier molecular flexibility index (Phi) is 4.54. The van der Waals surface area contributed by atoms with Gasteiger partial charge in [0.2, 0.25) is 0 Å². The van der Waals surface area contributed by atoms with Crippen LogP contribution >= 0.6 is 0 Å². The van der Waals surface area contributed by atoms with Crippen molar-refractivity contribution in [1.29, 1.82) is 0 Å². The summed E-state index contributed by atoms with van der Waals surface area (Å²) in [4.78, 5) is 21.8. The van der Waals surface area contributed by atoms with E-state index in [9.17, 15) is 9.18 Å². The first kappa shape index (κ1) is 16.1. The van der Waals surface area contributed by atoms with Crippen molar-refractivity contribution >= 4 is 17.4 Å². The van der Waals surface area contributed by atoms with Crippen LogP contribution in [0.4, 0.5) is 15.9 Å². The molecule has 0 bridgehead atoms. The van der Waals surface area contributed by atoms with Crippen LogP contribution in [0.25, 0.3) is 0 Å². The Morgan fingerprint density at radius 2 is 1.96 bits per heavy atom. The Morgan fingerprint density at radius 1 is 1.21 bits per heavy atom. The van der Waals surface area contributed by atoms with Crippen molar-refractivity contribution in [3.05, 3.63) is 42.1 Å². The Morgan fingerprint density at radius 3 is 2.62 bits per heavy atom. The predicted molar refractivity (Wildman–Crippen MR) is 88.7 cm³/mol. The standard InChI is InChI=1S/C16H19FN6O/c1-21(2)12-9-15(20-19-10-12)22-5-7-23(8-6-22)16(24)13-3-4-18-11-14(13)17/h3-4,9-11H,5-8H2,1-2H3. The number of hydrogen-bond acceptors (Lipinski definition) is 6. The van der Waals surface area contributed by atoms with Crippen molar-refractivity contribution in [3.8, 4) is 0 Å². The van der Waals surface area contributed by atoms with Crippen molar-refractivity contribution in [3.63, 3.8) is 0 Å². The summed E-state index contributed by atoms with van der Waals surface area (Å²) in [6.45, 7) is 2.27. The van der Waals surface area contributed by atoms with Crippen molar-refractivity contribution in [2.45, 2.75) is 0 Å². The van der Waals surface area contributed by atoms with Gasteiger partial charge in [0.25, 0.3) is 5.91 Å². The number of amides is 1. The van der Waals surface area contributed by atoms with Crippen LogP contribution in [0.1, 0.15) is 10.4 Å². The first-order valence-corrected chi connectivity index (χ1v) is 7.70. The van der Waals surface area contributed by atoms with E-state index in [0.717, 1.165) is 17.7 Å². The third-order valence-corrected chi connectivity index (χ3v) is 4.04. The molecule has 0 unspecified atom stereocenters. The van der Waals surface area contributed by atoms with Gasteiger partial charge in [0.15, 0.2) is 11.6 Å². The molecule has 0 radical (unpaired) electrons. The van der Waals surface area contributed by atoms with E-state index >= 15 is 0 Å². The molecule has 0 N–H and O–H groups in total. The lowest BCUT2D eigenvalue weighted by Crippen LogP contribution is -2.49. The highest BCUT2D eigenvalue weighted by molar-refractivity contribution is 5.94. The van der Waals surface area contributed by atoms with E-state index in [1.807, 2.05) is 25.1 Å². The van der Waals surface area contributed by atoms with Crippen molar-refractivity contribution in [2.24, 2.45) is 0 Å². The Labute approximate surface area is 139 Å². The van der Waals surface area contributed by atoms with Gasteiger partial charge in [-0.1, -0.05) is 0 Å².